The SMILES string of the molecule is COc1cc(NC(=O)C(C)(N)C2CC2)c(Cl)cc1C(=O)O. The monoisotopic (exact) mass is 312 g/mol. The summed E-state index contributed by atoms with van der Waals surface area (Å²) in [6.45, 7) is 1.68. The molecule has 114 valence electrons. The van der Waals surface area contributed by atoms with E-state index in [-0.39, 0.29) is 33.8 Å². The van der Waals surface area contributed by atoms with Crippen LogP contribution in [0.3, 0.4) is 0 Å². The Morgan fingerprint density at radius 1 is 1.48 bits per heavy atom. The first kappa shape index (κ1) is 15.6. The molecule has 0 spiro atoms. The molecule has 7 heteroatoms. The molecule has 1 aromatic rings. The first-order valence-corrected chi connectivity index (χ1v) is 6.86. The fourth-order valence-corrected chi connectivity index (χ4v) is 2.32. The van der Waals surface area contributed by atoms with Crippen molar-refractivity contribution in [3.05, 3.63) is 22.7 Å². The van der Waals surface area contributed by atoms with Gasteiger partial charge in [-0.2, -0.15) is 0 Å². The van der Waals surface area contributed by atoms with Crippen LogP contribution in [-0.2, 0) is 4.79 Å². The van der Waals surface area contributed by atoms with Crippen molar-refractivity contribution < 1.29 is 19.4 Å². The van der Waals surface area contributed by atoms with Gasteiger partial charge in [0, 0.05) is 6.07 Å². The maximum atomic E-state index is 12.2. The fraction of sp³-hybridized carbons (Fsp3) is 0.429. The lowest BCUT2D eigenvalue weighted by Crippen LogP contribution is -2.50. The van der Waals surface area contributed by atoms with Crippen molar-refractivity contribution in [2.24, 2.45) is 11.7 Å². The molecule has 0 radical (unpaired) electrons. The van der Waals surface area contributed by atoms with Crippen molar-refractivity contribution in [2.45, 2.75) is 25.3 Å². The molecule has 0 bridgehead atoms. The van der Waals surface area contributed by atoms with E-state index in [0.717, 1.165) is 12.8 Å². The molecule has 2 rings (SSSR count). The molecular formula is C14H17ClN2O4. The number of aromatic carboxylic acids is 1. The number of rotatable bonds is 5. The molecule has 1 fully saturated rings. The molecule has 21 heavy (non-hydrogen) atoms. The number of benzene rings is 1. The van der Waals surface area contributed by atoms with Crippen molar-refractivity contribution >= 4 is 29.2 Å². The van der Waals surface area contributed by atoms with Gasteiger partial charge in [0.1, 0.15) is 11.3 Å². The van der Waals surface area contributed by atoms with E-state index in [1.807, 2.05) is 0 Å². The van der Waals surface area contributed by atoms with Gasteiger partial charge in [-0.1, -0.05) is 11.6 Å². The van der Waals surface area contributed by atoms with Crippen LogP contribution in [0.2, 0.25) is 5.02 Å². The maximum Gasteiger partial charge on any atom is 0.339 e. The molecule has 0 aromatic heterocycles. The number of anilines is 1. The van der Waals surface area contributed by atoms with Gasteiger partial charge in [0.2, 0.25) is 5.91 Å². The second-order valence-corrected chi connectivity index (χ2v) is 5.76. The summed E-state index contributed by atoms with van der Waals surface area (Å²) in [4.78, 5) is 23.3. The lowest BCUT2D eigenvalue weighted by Gasteiger charge is -2.23. The lowest BCUT2D eigenvalue weighted by molar-refractivity contribution is -0.121. The first-order valence-electron chi connectivity index (χ1n) is 6.48. The number of nitrogens with two attached hydrogens (primary N) is 1. The van der Waals surface area contributed by atoms with Gasteiger partial charge < -0.3 is 20.9 Å². The molecule has 4 N–H and O–H groups in total. The van der Waals surface area contributed by atoms with Gasteiger partial charge in [-0.05, 0) is 31.7 Å². The van der Waals surface area contributed by atoms with E-state index >= 15 is 0 Å². The van der Waals surface area contributed by atoms with Crippen LogP contribution in [0.4, 0.5) is 5.69 Å². The zero-order valence-corrected chi connectivity index (χ0v) is 12.5. The average molecular weight is 313 g/mol. The van der Waals surface area contributed by atoms with E-state index in [0.29, 0.717) is 0 Å². The summed E-state index contributed by atoms with van der Waals surface area (Å²) in [5.41, 5.74) is 5.27. The second-order valence-electron chi connectivity index (χ2n) is 5.35. The third kappa shape index (κ3) is 3.11. The summed E-state index contributed by atoms with van der Waals surface area (Å²) in [7, 11) is 1.35. The van der Waals surface area contributed by atoms with Gasteiger partial charge in [-0.15, -0.1) is 0 Å². The second kappa shape index (κ2) is 5.54. The molecule has 6 nitrogen and oxygen atoms in total. The number of halogens is 1. The number of methoxy groups -OCH3 is 1. The van der Waals surface area contributed by atoms with Crippen molar-refractivity contribution in [3.8, 4) is 5.75 Å². The van der Waals surface area contributed by atoms with Crippen LogP contribution in [0.15, 0.2) is 12.1 Å². The van der Waals surface area contributed by atoms with Crippen LogP contribution in [0.5, 0.6) is 5.75 Å². The molecule has 0 heterocycles. The highest BCUT2D eigenvalue weighted by molar-refractivity contribution is 6.34. The number of hydrogen-bond donors (Lipinski definition) is 3. The third-order valence-electron chi connectivity index (χ3n) is 3.68. The topological polar surface area (TPSA) is 102 Å². The zero-order chi connectivity index (χ0) is 15.8. The van der Waals surface area contributed by atoms with Crippen LogP contribution >= 0.6 is 11.6 Å². The quantitative estimate of drug-likeness (QED) is 0.773. The molecule has 0 saturated heterocycles. The highest BCUT2D eigenvalue weighted by Gasteiger charge is 2.44. The number of carboxylic acid groups (broad SMARTS) is 1. The number of carboxylic acids is 1. The van der Waals surface area contributed by atoms with E-state index in [4.69, 9.17) is 27.2 Å². The summed E-state index contributed by atoms with van der Waals surface area (Å²) in [5, 5.41) is 11.8. The summed E-state index contributed by atoms with van der Waals surface area (Å²) in [6.07, 6.45) is 1.85. The molecule has 1 aliphatic carbocycles. The summed E-state index contributed by atoms with van der Waals surface area (Å²) < 4.78 is 5.01. The predicted molar refractivity (Wildman–Crippen MR) is 78.9 cm³/mol. The summed E-state index contributed by atoms with van der Waals surface area (Å²) in [5.74, 6) is -1.23. The molecule has 1 unspecified atom stereocenters. The molecule has 1 atom stereocenters. The van der Waals surface area contributed by atoms with Gasteiger partial charge >= 0.3 is 5.97 Å². The predicted octanol–water partition coefficient (Wildman–Crippen LogP) is 2.11. The first-order chi connectivity index (χ1) is 9.77. The Labute approximate surface area is 127 Å². The number of hydrogen-bond acceptors (Lipinski definition) is 4. The van der Waals surface area contributed by atoms with Crippen LogP contribution in [0.1, 0.15) is 30.1 Å². The minimum atomic E-state index is -1.16. The standard InChI is InChI=1S/C14H17ClN2O4/c1-14(16,7-3-4-7)13(20)17-10-6-11(21-2)8(12(18)19)5-9(10)15/h5-7H,3-4,16H2,1-2H3,(H,17,20)(H,18,19). The Morgan fingerprint density at radius 3 is 2.57 bits per heavy atom. The highest BCUT2D eigenvalue weighted by Crippen LogP contribution is 2.39. The minimum absolute atomic E-state index is 0.0711. The minimum Gasteiger partial charge on any atom is -0.496 e. The van der Waals surface area contributed by atoms with Gasteiger partial charge in [0.05, 0.1) is 23.4 Å². The number of ether oxygens (including phenoxy) is 1. The van der Waals surface area contributed by atoms with Gasteiger partial charge in [0.15, 0.2) is 0 Å². The number of nitrogens with one attached hydrogen (secondary N) is 1. The van der Waals surface area contributed by atoms with Gasteiger partial charge in [0.25, 0.3) is 0 Å². The fourth-order valence-electron chi connectivity index (χ4n) is 2.11. The van der Waals surface area contributed by atoms with Gasteiger partial charge in [-0.3, -0.25) is 4.79 Å². The van der Waals surface area contributed by atoms with E-state index < -0.39 is 11.5 Å². The zero-order valence-electron chi connectivity index (χ0n) is 11.8. The van der Waals surface area contributed by atoms with E-state index in [9.17, 15) is 9.59 Å². The van der Waals surface area contributed by atoms with Gasteiger partial charge in [-0.25, -0.2) is 4.79 Å². The van der Waals surface area contributed by atoms with Crippen molar-refractivity contribution in [3.63, 3.8) is 0 Å². The van der Waals surface area contributed by atoms with Crippen molar-refractivity contribution in [1.29, 1.82) is 0 Å². The highest BCUT2D eigenvalue weighted by atomic mass is 35.5. The normalized spacial score (nSPS) is 17.0. The third-order valence-corrected chi connectivity index (χ3v) is 4.00. The van der Waals surface area contributed by atoms with Crippen molar-refractivity contribution in [2.75, 3.05) is 12.4 Å². The summed E-state index contributed by atoms with van der Waals surface area (Å²) in [6, 6.07) is 2.62. The molecule has 1 amide bonds. The number of amides is 1. The Bertz CT molecular complexity index is 597. The molecular weight excluding hydrogens is 296 g/mol. The molecule has 0 aliphatic heterocycles. The van der Waals surface area contributed by atoms with E-state index in [1.165, 1.54) is 19.2 Å². The Hall–Kier alpha value is -1.79. The van der Waals surface area contributed by atoms with Crippen LogP contribution in [-0.4, -0.2) is 29.6 Å². The van der Waals surface area contributed by atoms with E-state index in [2.05, 4.69) is 5.32 Å². The molecule has 1 saturated carbocycles. The lowest BCUT2D eigenvalue weighted by atomic mass is 9.96. The Kier molecular flexibility index (Phi) is 4.11. The average Bonchev–Trinajstić information content (AvgIpc) is 3.24. The smallest absolute Gasteiger partial charge is 0.339 e. The number of carbonyl (C=O) groups is 2. The van der Waals surface area contributed by atoms with E-state index in [1.54, 1.807) is 6.92 Å². The Morgan fingerprint density at radius 2 is 2.10 bits per heavy atom. The van der Waals surface area contributed by atoms with Crippen LogP contribution in [0, 0.1) is 5.92 Å². The molecule has 1 aromatic carbocycles. The maximum absolute atomic E-state index is 12.2. The van der Waals surface area contributed by atoms with Crippen molar-refractivity contribution in [1.82, 2.24) is 0 Å². The largest absolute Gasteiger partial charge is 0.496 e. The summed E-state index contributed by atoms with van der Waals surface area (Å²) >= 11 is 6.02. The van der Waals surface area contributed by atoms with Crippen LogP contribution < -0.4 is 15.8 Å². The Balaban J connectivity index is 2.28. The number of carbonyl (C=O) groups excluding carboxylic acids is 1. The van der Waals surface area contributed by atoms with Crippen LogP contribution in [0.25, 0.3) is 0 Å². The molecule has 1 aliphatic rings.